The van der Waals surface area contributed by atoms with Crippen LogP contribution >= 0.6 is 0 Å². The summed E-state index contributed by atoms with van der Waals surface area (Å²) in [5.41, 5.74) is 3.03. The van der Waals surface area contributed by atoms with Gasteiger partial charge >= 0.3 is 0 Å². The minimum atomic E-state index is -0.532. The van der Waals surface area contributed by atoms with Gasteiger partial charge in [-0.2, -0.15) is 9.49 Å². The van der Waals surface area contributed by atoms with Crippen molar-refractivity contribution in [2.45, 2.75) is 0 Å². The summed E-state index contributed by atoms with van der Waals surface area (Å²) >= 11 is 0. The van der Waals surface area contributed by atoms with Crippen molar-refractivity contribution in [1.82, 2.24) is 15.2 Å². The number of aromatic nitrogens is 3. The van der Waals surface area contributed by atoms with Gasteiger partial charge in [-0.15, -0.1) is 0 Å². The maximum Gasteiger partial charge on any atom is 0.212 e. The quantitative estimate of drug-likeness (QED) is 0.732. The molecule has 4 nitrogen and oxygen atoms in total. The van der Waals surface area contributed by atoms with Crippen LogP contribution in [0.5, 0.6) is 5.75 Å². The van der Waals surface area contributed by atoms with Crippen molar-refractivity contribution in [3.05, 3.63) is 54.6 Å². The molecule has 112 valence electrons. The predicted molar refractivity (Wildman–Crippen MR) is 78.7 cm³/mol. The summed E-state index contributed by atoms with van der Waals surface area (Å²) < 4.78 is 30.2. The molecule has 1 N–H and O–H groups in total. The topological polar surface area (TPSA) is 50.8 Å². The molecule has 0 unspecified atom stereocenters. The van der Waals surface area contributed by atoms with Crippen LogP contribution in [0.15, 0.2) is 48.7 Å². The molecule has 22 heavy (non-hydrogen) atoms. The minimum Gasteiger partial charge on any atom is -0.491 e. The number of alkyl halides is 1. The van der Waals surface area contributed by atoms with Crippen molar-refractivity contribution in [2.75, 3.05) is 13.3 Å². The Kier molecular flexibility index (Phi) is 4.09. The molecule has 0 amide bonds. The lowest BCUT2D eigenvalue weighted by Crippen LogP contribution is -1.98. The van der Waals surface area contributed by atoms with Crippen molar-refractivity contribution in [3.8, 4) is 28.3 Å². The van der Waals surface area contributed by atoms with Gasteiger partial charge in [0, 0.05) is 17.3 Å². The highest BCUT2D eigenvalue weighted by molar-refractivity contribution is 5.68. The summed E-state index contributed by atoms with van der Waals surface area (Å²) in [7, 11) is 0. The van der Waals surface area contributed by atoms with Crippen LogP contribution in [0.4, 0.5) is 8.78 Å². The molecule has 3 aromatic rings. The molecule has 0 aliphatic carbocycles. The Hall–Kier alpha value is -2.76. The maximum atomic E-state index is 12.8. The maximum absolute atomic E-state index is 12.8. The highest BCUT2D eigenvalue weighted by atomic mass is 19.1. The zero-order valence-electron chi connectivity index (χ0n) is 11.6. The number of nitrogens with zero attached hydrogens (tertiary/aromatic N) is 2. The lowest BCUT2D eigenvalue weighted by molar-refractivity contribution is 0.273. The first-order valence-corrected chi connectivity index (χ1v) is 6.73. The monoisotopic (exact) mass is 301 g/mol. The van der Waals surface area contributed by atoms with E-state index in [1.165, 1.54) is 12.3 Å². The number of pyridine rings is 1. The van der Waals surface area contributed by atoms with Crippen LogP contribution < -0.4 is 4.74 Å². The van der Waals surface area contributed by atoms with Crippen molar-refractivity contribution in [2.24, 2.45) is 0 Å². The SMILES string of the molecule is FCCOc1cccc(-c2cc(-c3ccc(F)nc3)n[nH]2)c1. The number of ether oxygens (including phenoxy) is 1. The lowest BCUT2D eigenvalue weighted by atomic mass is 10.1. The van der Waals surface area contributed by atoms with Crippen LogP contribution in [-0.2, 0) is 0 Å². The molecule has 0 spiro atoms. The second kappa shape index (κ2) is 6.34. The van der Waals surface area contributed by atoms with Gasteiger partial charge < -0.3 is 4.74 Å². The van der Waals surface area contributed by atoms with E-state index >= 15 is 0 Å². The van der Waals surface area contributed by atoms with Gasteiger partial charge in [-0.3, -0.25) is 5.10 Å². The summed E-state index contributed by atoms with van der Waals surface area (Å²) in [4.78, 5) is 3.61. The van der Waals surface area contributed by atoms with Crippen LogP contribution in [0.2, 0.25) is 0 Å². The first-order chi connectivity index (χ1) is 10.8. The Morgan fingerprint density at radius 2 is 2.00 bits per heavy atom. The average Bonchev–Trinajstić information content (AvgIpc) is 3.04. The second-order valence-corrected chi connectivity index (χ2v) is 4.60. The van der Waals surface area contributed by atoms with E-state index in [1.54, 1.807) is 18.2 Å². The Bertz CT molecular complexity index is 756. The van der Waals surface area contributed by atoms with E-state index in [4.69, 9.17) is 4.74 Å². The lowest BCUT2D eigenvalue weighted by Gasteiger charge is -2.04. The van der Waals surface area contributed by atoms with Crippen LogP contribution in [0.25, 0.3) is 22.5 Å². The van der Waals surface area contributed by atoms with Crippen LogP contribution in [0, 0.1) is 5.95 Å². The van der Waals surface area contributed by atoms with E-state index in [0.717, 1.165) is 11.3 Å². The molecule has 2 heterocycles. The number of aromatic amines is 1. The molecular weight excluding hydrogens is 288 g/mol. The van der Waals surface area contributed by atoms with E-state index in [0.29, 0.717) is 17.0 Å². The molecule has 1 aromatic carbocycles. The van der Waals surface area contributed by atoms with E-state index in [-0.39, 0.29) is 6.61 Å². The standard InChI is InChI=1S/C16H13F2N3O/c17-6-7-22-13-3-1-2-11(8-13)14-9-15(21-20-14)12-4-5-16(18)19-10-12/h1-5,8-10H,6-7H2,(H,20,21). The summed E-state index contributed by atoms with van der Waals surface area (Å²) in [5, 5.41) is 7.11. The Balaban J connectivity index is 1.85. The Morgan fingerprint density at radius 3 is 2.77 bits per heavy atom. The highest BCUT2D eigenvalue weighted by Gasteiger charge is 2.07. The molecule has 0 aliphatic heterocycles. The minimum absolute atomic E-state index is 0.0267. The summed E-state index contributed by atoms with van der Waals surface area (Å²) in [6.07, 6.45) is 1.43. The normalized spacial score (nSPS) is 10.6. The van der Waals surface area contributed by atoms with Gasteiger partial charge in [0.25, 0.3) is 0 Å². The van der Waals surface area contributed by atoms with E-state index in [2.05, 4.69) is 15.2 Å². The number of hydrogen-bond donors (Lipinski definition) is 1. The van der Waals surface area contributed by atoms with E-state index < -0.39 is 12.6 Å². The number of H-pyrrole nitrogens is 1. The number of hydrogen-bond acceptors (Lipinski definition) is 3. The van der Waals surface area contributed by atoms with Gasteiger partial charge in [0.1, 0.15) is 19.0 Å². The van der Waals surface area contributed by atoms with Gasteiger partial charge in [-0.05, 0) is 30.3 Å². The van der Waals surface area contributed by atoms with Crippen LogP contribution in [0.3, 0.4) is 0 Å². The Labute approximate surface area is 125 Å². The van der Waals surface area contributed by atoms with Crippen LogP contribution in [-0.4, -0.2) is 28.5 Å². The van der Waals surface area contributed by atoms with Gasteiger partial charge in [0.2, 0.25) is 5.95 Å². The van der Waals surface area contributed by atoms with Crippen molar-refractivity contribution < 1.29 is 13.5 Å². The summed E-state index contributed by atoms with van der Waals surface area (Å²) in [5.74, 6) is 0.0620. The molecule has 3 rings (SSSR count). The number of benzene rings is 1. The summed E-state index contributed by atoms with van der Waals surface area (Å²) in [6, 6.07) is 12.0. The molecule has 2 aromatic heterocycles. The summed E-state index contributed by atoms with van der Waals surface area (Å²) in [6.45, 7) is -0.505. The molecule has 0 aliphatic rings. The molecule has 0 bridgehead atoms. The molecule has 0 fully saturated rings. The smallest absolute Gasteiger partial charge is 0.212 e. The first-order valence-electron chi connectivity index (χ1n) is 6.73. The molecule has 0 radical (unpaired) electrons. The molecule has 6 heteroatoms. The molecule has 0 atom stereocenters. The van der Waals surface area contributed by atoms with Gasteiger partial charge in [-0.1, -0.05) is 12.1 Å². The highest BCUT2D eigenvalue weighted by Crippen LogP contribution is 2.26. The first kappa shape index (κ1) is 14.2. The number of halogens is 2. The fourth-order valence-corrected chi connectivity index (χ4v) is 2.05. The van der Waals surface area contributed by atoms with Gasteiger partial charge in [-0.25, -0.2) is 9.37 Å². The largest absolute Gasteiger partial charge is 0.491 e. The third kappa shape index (κ3) is 3.11. The van der Waals surface area contributed by atoms with Crippen molar-refractivity contribution in [1.29, 1.82) is 0 Å². The van der Waals surface area contributed by atoms with Crippen LogP contribution in [0.1, 0.15) is 0 Å². The van der Waals surface area contributed by atoms with Crippen molar-refractivity contribution >= 4 is 0 Å². The third-order valence-corrected chi connectivity index (χ3v) is 3.09. The fourth-order valence-electron chi connectivity index (χ4n) is 2.05. The Morgan fingerprint density at radius 1 is 1.09 bits per heavy atom. The fraction of sp³-hybridized carbons (Fsp3) is 0.125. The van der Waals surface area contributed by atoms with E-state index in [9.17, 15) is 8.78 Å². The predicted octanol–water partition coefficient (Wildman–Crippen LogP) is 3.63. The van der Waals surface area contributed by atoms with Gasteiger partial charge in [0.05, 0.1) is 11.4 Å². The zero-order valence-corrected chi connectivity index (χ0v) is 11.6. The molecule has 0 saturated carbocycles. The van der Waals surface area contributed by atoms with Gasteiger partial charge in [0.15, 0.2) is 0 Å². The van der Waals surface area contributed by atoms with Crippen molar-refractivity contribution in [3.63, 3.8) is 0 Å². The second-order valence-electron chi connectivity index (χ2n) is 4.60. The average molecular weight is 301 g/mol. The molecular formula is C16H13F2N3O. The van der Waals surface area contributed by atoms with E-state index in [1.807, 2.05) is 18.2 Å². The zero-order chi connectivity index (χ0) is 15.4. The third-order valence-electron chi connectivity index (χ3n) is 3.09. The number of nitrogens with one attached hydrogen (secondary N) is 1. The number of rotatable bonds is 5. The molecule has 0 saturated heterocycles.